The highest BCUT2D eigenvalue weighted by atomic mass is 19.4. The molecule has 0 heterocycles. The average molecular weight is 274 g/mol. The van der Waals surface area contributed by atoms with Crippen molar-refractivity contribution in [1.82, 2.24) is 0 Å². The molecule has 0 atom stereocenters. The molecule has 0 amide bonds. The molecule has 108 valence electrons. The molecule has 0 bridgehead atoms. The molecular formula is C14H21F3N2. The van der Waals surface area contributed by atoms with Crippen molar-refractivity contribution in [3.8, 4) is 0 Å². The summed E-state index contributed by atoms with van der Waals surface area (Å²) in [6, 6.07) is 4.55. The van der Waals surface area contributed by atoms with E-state index in [9.17, 15) is 13.2 Å². The summed E-state index contributed by atoms with van der Waals surface area (Å²) in [7, 11) is 0. The third-order valence-corrected chi connectivity index (χ3v) is 3.04. The lowest BCUT2D eigenvalue weighted by Crippen LogP contribution is -2.31. The lowest BCUT2D eigenvalue weighted by molar-refractivity contribution is -0.138. The maximum Gasteiger partial charge on any atom is 0.416 e. The molecule has 0 aliphatic heterocycles. The summed E-state index contributed by atoms with van der Waals surface area (Å²) < 4.78 is 39.0. The Bertz CT molecular complexity index is 414. The molecule has 0 aromatic heterocycles. The lowest BCUT2D eigenvalue weighted by Gasteiger charge is -2.29. The first-order chi connectivity index (χ1) is 8.81. The summed E-state index contributed by atoms with van der Waals surface area (Å²) in [6.45, 7) is 6.58. The number of hydrogen-bond acceptors (Lipinski definition) is 2. The molecule has 0 spiro atoms. The van der Waals surface area contributed by atoms with Crippen LogP contribution in [0.2, 0.25) is 0 Å². The Hall–Kier alpha value is -1.23. The Morgan fingerprint density at radius 1 is 1.26 bits per heavy atom. The van der Waals surface area contributed by atoms with Crippen molar-refractivity contribution in [2.75, 3.05) is 11.4 Å². The van der Waals surface area contributed by atoms with Crippen molar-refractivity contribution in [2.45, 2.75) is 46.0 Å². The van der Waals surface area contributed by atoms with Gasteiger partial charge in [0.15, 0.2) is 0 Å². The molecule has 0 radical (unpaired) electrons. The zero-order valence-corrected chi connectivity index (χ0v) is 11.6. The maximum atomic E-state index is 13.0. The van der Waals surface area contributed by atoms with Crippen LogP contribution in [0, 0.1) is 0 Å². The maximum absolute atomic E-state index is 13.0. The number of nitrogens with zero attached hydrogens (tertiary/aromatic N) is 1. The van der Waals surface area contributed by atoms with E-state index in [0.29, 0.717) is 5.69 Å². The fourth-order valence-corrected chi connectivity index (χ4v) is 2.11. The summed E-state index contributed by atoms with van der Waals surface area (Å²) in [5.41, 5.74) is 5.48. The second-order valence-corrected chi connectivity index (χ2v) is 4.83. The van der Waals surface area contributed by atoms with Gasteiger partial charge in [-0.3, -0.25) is 0 Å². The highest BCUT2D eigenvalue weighted by Crippen LogP contribution is 2.35. The topological polar surface area (TPSA) is 29.3 Å². The van der Waals surface area contributed by atoms with E-state index in [1.165, 1.54) is 12.1 Å². The van der Waals surface area contributed by atoms with Crippen LogP contribution in [0.1, 0.15) is 38.3 Å². The van der Waals surface area contributed by atoms with Crippen molar-refractivity contribution in [2.24, 2.45) is 5.73 Å². The van der Waals surface area contributed by atoms with E-state index in [2.05, 4.69) is 0 Å². The SMILES string of the molecule is CCCN(c1ccc(CN)c(C(F)(F)F)c1)C(C)C. The van der Waals surface area contributed by atoms with Crippen molar-refractivity contribution in [1.29, 1.82) is 0 Å². The van der Waals surface area contributed by atoms with E-state index in [0.717, 1.165) is 13.0 Å². The number of anilines is 1. The summed E-state index contributed by atoms with van der Waals surface area (Å²) in [4.78, 5) is 1.97. The smallest absolute Gasteiger partial charge is 0.369 e. The van der Waals surface area contributed by atoms with Crippen molar-refractivity contribution < 1.29 is 13.2 Å². The number of halogens is 3. The molecule has 0 saturated heterocycles. The first-order valence-corrected chi connectivity index (χ1v) is 6.48. The molecule has 19 heavy (non-hydrogen) atoms. The van der Waals surface area contributed by atoms with Gasteiger partial charge in [0.05, 0.1) is 5.56 Å². The van der Waals surface area contributed by atoms with E-state index >= 15 is 0 Å². The van der Waals surface area contributed by atoms with Gasteiger partial charge < -0.3 is 10.6 Å². The van der Waals surface area contributed by atoms with Gasteiger partial charge in [-0.2, -0.15) is 13.2 Å². The summed E-state index contributed by atoms with van der Waals surface area (Å²) in [5, 5.41) is 0. The monoisotopic (exact) mass is 274 g/mol. The Kier molecular flexibility index (Phi) is 5.23. The minimum atomic E-state index is -4.36. The van der Waals surface area contributed by atoms with Gasteiger partial charge in [0.2, 0.25) is 0 Å². The standard InChI is InChI=1S/C14H21F3N2/c1-4-7-19(10(2)3)12-6-5-11(9-18)13(8-12)14(15,16)17/h5-6,8,10H,4,7,9,18H2,1-3H3. The molecule has 1 aromatic carbocycles. The minimum absolute atomic E-state index is 0.107. The fourth-order valence-electron chi connectivity index (χ4n) is 2.11. The van der Waals surface area contributed by atoms with Gasteiger partial charge >= 0.3 is 6.18 Å². The van der Waals surface area contributed by atoms with Gasteiger partial charge in [-0.15, -0.1) is 0 Å². The molecule has 0 aliphatic rings. The Morgan fingerprint density at radius 3 is 2.32 bits per heavy atom. The number of hydrogen-bond donors (Lipinski definition) is 1. The lowest BCUT2D eigenvalue weighted by atomic mass is 10.0. The Labute approximate surface area is 112 Å². The van der Waals surface area contributed by atoms with Crippen LogP contribution in [-0.4, -0.2) is 12.6 Å². The molecule has 2 N–H and O–H groups in total. The molecule has 0 saturated carbocycles. The number of rotatable bonds is 5. The van der Waals surface area contributed by atoms with Crippen LogP contribution < -0.4 is 10.6 Å². The zero-order chi connectivity index (χ0) is 14.6. The van der Waals surface area contributed by atoms with E-state index in [-0.39, 0.29) is 18.2 Å². The first kappa shape index (κ1) is 15.8. The predicted molar refractivity (Wildman–Crippen MR) is 72.1 cm³/mol. The quantitative estimate of drug-likeness (QED) is 0.885. The van der Waals surface area contributed by atoms with Crippen LogP contribution in [0.15, 0.2) is 18.2 Å². The highest BCUT2D eigenvalue weighted by Gasteiger charge is 2.33. The molecule has 0 unspecified atom stereocenters. The summed E-state index contributed by atoms with van der Waals surface area (Å²) in [6.07, 6.45) is -3.47. The van der Waals surface area contributed by atoms with E-state index in [1.54, 1.807) is 6.07 Å². The third kappa shape index (κ3) is 3.86. The molecule has 0 fully saturated rings. The normalized spacial score (nSPS) is 12.0. The molecule has 0 aliphatic carbocycles. The van der Waals surface area contributed by atoms with Gasteiger partial charge in [-0.1, -0.05) is 13.0 Å². The van der Waals surface area contributed by atoms with Crippen molar-refractivity contribution in [3.63, 3.8) is 0 Å². The van der Waals surface area contributed by atoms with E-state index < -0.39 is 11.7 Å². The molecule has 1 aromatic rings. The molecular weight excluding hydrogens is 253 g/mol. The van der Waals surface area contributed by atoms with Gasteiger partial charge in [-0.25, -0.2) is 0 Å². The largest absolute Gasteiger partial charge is 0.416 e. The van der Waals surface area contributed by atoms with Crippen LogP contribution in [0.4, 0.5) is 18.9 Å². The third-order valence-electron chi connectivity index (χ3n) is 3.04. The predicted octanol–water partition coefficient (Wildman–Crippen LogP) is 3.79. The molecule has 2 nitrogen and oxygen atoms in total. The highest BCUT2D eigenvalue weighted by molar-refractivity contribution is 5.52. The van der Waals surface area contributed by atoms with Crippen LogP contribution >= 0.6 is 0 Å². The van der Waals surface area contributed by atoms with E-state index in [4.69, 9.17) is 5.73 Å². The van der Waals surface area contributed by atoms with Crippen molar-refractivity contribution >= 4 is 5.69 Å². The first-order valence-electron chi connectivity index (χ1n) is 6.48. The van der Waals surface area contributed by atoms with Gasteiger partial charge in [0.25, 0.3) is 0 Å². The summed E-state index contributed by atoms with van der Waals surface area (Å²) in [5.74, 6) is 0. The van der Waals surface area contributed by atoms with E-state index in [1.807, 2.05) is 25.7 Å². The minimum Gasteiger partial charge on any atom is -0.369 e. The number of benzene rings is 1. The zero-order valence-electron chi connectivity index (χ0n) is 11.6. The van der Waals surface area contributed by atoms with Gasteiger partial charge in [0.1, 0.15) is 0 Å². The average Bonchev–Trinajstić information content (AvgIpc) is 2.33. The van der Waals surface area contributed by atoms with Crippen LogP contribution in [0.5, 0.6) is 0 Å². The Balaban J connectivity index is 3.23. The number of alkyl halides is 3. The molecule has 1 rings (SSSR count). The van der Waals surface area contributed by atoms with Crippen LogP contribution in [-0.2, 0) is 12.7 Å². The van der Waals surface area contributed by atoms with Gasteiger partial charge in [-0.05, 0) is 38.0 Å². The summed E-state index contributed by atoms with van der Waals surface area (Å²) >= 11 is 0. The molecule has 5 heteroatoms. The van der Waals surface area contributed by atoms with Crippen LogP contribution in [0.25, 0.3) is 0 Å². The Morgan fingerprint density at radius 2 is 1.89 bits per heavy atom. The second-order valence-electron chi connectivity index (χ2n) is 4.83. The van der Waals surface area contributed by atoms with Crippen molar-refractivity contribution in [3.05, 3.63) is 29.3 Å². The number of nitrogens with two attached hydrogens (primary N) is 1. The second kappa shape index (κ2) is 6.28. The van der Waals surface area contributed by atoms with Gasteiger partial charge in [0, 0.05) is 24.8 Å². The van der Waals surface area contributed by atoms with Crippen LogP contribution in [0.3, 0.4) is 0 Å². The fraction of sp³-hybridized carbons (Fsp3) is 0.571.